The summed E-state index contributed by atoms with van der Waals surface area (Å²) in [4.78, 5) is 13.9. The second-order valence-electron chi connectivity index (χ2n) is 6.55. The third-order valence-corrected chi connectivity index (χ3v) is 5.18. The Kier molecular flexibility index (Phi) is 5.29. The molecule has 0 saturated heterocycles. The van der Waals surface area contributed by atoms with Crippen molar-refractivity contribution in [1.82, 2.24) is 10.2 Å². The number of hydrogen-bond acceptors (Lipinski definition) is 5. The first kappa shape index (κ1) is 18.4. The summed E-state index contributed by atoms with van der Waals surface area (Å²) in [6, 6.07) is 6.76. The average molecular weight is 352 g/mol. The molecule has 0 fully saturated rings. The normalized spacial score (nSPS) is 15.6. The fraction of sp³-hybridized carbons (Fsp3) is 0.500. The van der Waals surface area contributed by atoms with Gasteiger partial charge in [-0.1, -0.05) is 12.1 Å². The minimum atomic E-state index is -3.62. The Morgan fingerprint density at radius 3 is 2.67 bits per heavy atom. The molecule has 1 amide bonds. The van der Waals surface area contributed by atoms with Crippen molar-refractivity contribution in [3.05, 3.63) is 29.8 Å². The summed E-state index contributed by atoms with van der Waals surface area (Å²) in [5.41, 5.74) is 5.77. The van der Waals surface area contributed by atoms with Crippen LogP contribution in [-0.4, -0.2) is 50.7 Å². The van der Waals surface area contributed by atoms with Crippen LogP contribution in [0.5, 0.6) is 0 Å². The van der Waals surface area contributed by atoms with Gasteiger partial charge in [-0.25, -0.2) is 0 Å². The summed E-state index contributed by atoms with van der Waals surface area (Å²) < 4.78 is 28.0. The van der Waals surface area contributed by atoms with Gasteiger partial charge in [0.15, 0.2) is 0 Å². The van der Waals surface area contributed by atoms with E-state index in [1.165, 1.54) is 0 Å². The largest absolute Gasteiger partial charge is 0.358 e. The molecule has 0 atom stereocenters. The molecule has 7 nitrogen and oxygen atoms in total. The summed E-state index contributed by atoms with van der Waals surface area (Å²) >= 11 is 0. The Bertz CT molecular complexity index is 756. The molecule has 8 heteroatoms. The van der Waals surface area contributed by atoms with Gasteiger partial charge < -0.3 is 16.0 Å². The van der Waals surface area contributed by atoms with Crippen LogP contribution < -0.4 is 11.1 Å². The summed E-state index contributed by atoms with van der Waals surface area (Å²) in [6.07, 6.45) is 0.930. The van der Waals surface area contributed by atoms with E-state index in [2.05, 4.69) is 9.71 Å². The van der Waals surface area contributed by atoms with Crippen molar-refractivity contribution in [2.24, 2.45) is 10.1 Å². The molecule has 1 aliphatic rings. The number of amides is 1. The third kappa shape index (κ3) is 4.12. The molecule has 1 aromatic rings. The minimum absolute atomic E-state index is 0.0692. The van der Waals surface area contributed by atoms with E-state index in [0.29, 0.717) is 37.3 Å². The fourth-order valence-corrected chi connectivity index (χ4v) is 3.69. The number of nitrogens with one attached hydrogen (secondary N) is 1. The van der Waals surface area contributed by atoms with Crippen LogP contribution in [0.4, 0.5) is 0 Å². The monoisotopic (exact) mass is 352 g/mol. The van der Waals surface area contributed by atoms with E-state index in [1.807, 2.05) is 13.8 Å². The van der Waals surface area contributed by atoms with Crippen molar-refractivity contribution >= 4 is 21.8 Å². The number of benzene rings is 1. The molecule has 2 rings (SSSR count). The summed E-state index contributed by atoms with van der Waals surface area (Å²) in [6.45, 7) is 4.63. The highest BCUT2D eigenvalue weighted by atomic mass is 32.2. The van der Waals surface area contributed by atoms with Crippen molar-refractivity contribution in [3.8, 4) is 0 Å². The van der Waals surface area contributed by atoms with Crippen LogP contribution in [0.3, 0.4) is 0 Å². The maximum atomic E-state index is 12.0. The van der Waals surface area contributed by atoms with Gasteiger partial charge >= 0.3 is 0 Å². The fourth-order valence-electron chi connectivity index (χ4n) is 2.44. The van der Waals surface area contributed by atoms with E-state index in [4.69, 9.17) is 5.73 Å². The quantitative estimate of drug-likeness (QED) is 0.784. The van der Waals surface area contributed by atoms with Crippen molar-refractivity contribution in [2.75, 3.05) is 20.1 Å². The summed E-state index contributed by atoms with van der Waals surface area (Å²) in [5.74, 6) is 0.355. The molecular weight excluding hydrogens is 328 g/mol. The number of fused-ring (bicyclic) bond motifs is 1. The number of carbonyl (C=O) groups excluding carboxylic acids is 1. The molecule has 24 heavy (non-hydrogen) atoms. The van der Waals surface area contributed by atoms with Crippen molar-refractivity contribution in [3.63, 3.8) is 0 Å². The number of sulfonamides is 1. The van der Waals surface area contributed by atoms with Crippen LogP contribution in [0.25, 0.3) is 0 Å². The Balaban J connectivity index is 1.95. The maximum Gasteiger partial charge on any atom is 0.285 e. The van der Waals surface area contributed by atoms with Crippen LogP contribution in [0, 0.1) is 0 Å². The smallest absolute Gasteiger partial charge is 0.285 e. The highest BCUT2D eigenvalue weighted by molar-refractivity contribution is 7.90. The lowest BCUT2D eigenvalue weighted by Gasteiger charge is -2.24. The molecule has 0 aliphatic carbocycles. The van der Waals surface area contributed by atoms with Gasteiger partial charge in [-0.3, -0.25) is 4.79 Å². The van der Waals surface area contributed by atoms with Gasteiger partial charge in [-0.2, -0.15) is 8.42 Å². The zero-order chi connectivity index (χ0) is 18.0. The summed E-state index contributed by atoms with van der Waals surface area (Å²) in [5, 5.41) is 2.87. The lowest BCUT2D eigenvalue weighted by molar-refractivity contribution is -0.122. The molecular formula is C16H24N4O3S. The highest BCUT2D eigenvalue weighted by Gasteiger charge is 2.30. The van der Waals surface area contributed by atoms with Gasteiger partial charge in [0.05, 0.1) is 0 Å². The number of rotatable bonds is 6. The Hall–Kier alpha value is -1.93. The van der Waals surface area contributed by atoms with Crippen LogP contribution in [0.2, 0.25) is 0 Å². The lowest BCUT2D eigenvalue weighted by Crippen LogP contribution is -2.48. The molecule has 0 unspecified atom stereocenters. The summed E-state index contributed by atoms with van der Waals surface area (Å²) in [7, 11) is -1.84. The van der Waals surface area contributed by atoms with Gasteiger partial charge in [0.2, 0.25) is 5.91 Å². The van der Waals surface area contributed by atoms with Gasteiger partial charge in [-0.05, 0) is 32.4 Å². The highest BCUT2D eigenvalue weighted by Crippen LogP contribution is 2.26. The van der Waals surface area contributed by atoms with Crippen molar-refractivity contribution in [1.29, 1.82) is 0 Å². The first-order valence-electron chi connectivity index (χ1n) is 7.83. The molecule has 132 valence electrons. The maximum absolute atomic E-state index is 12.0. The molecule has 1 heterocycles. The zero-order valence-electron chi connectivity index (χ0n) is 14.2. The van der Waals surface area contributed by atoms with Gasteiger partial charge in [0.1, 0.15) is 10.7 Å². The van der Waals surface area contributed by atoms with Crippen LogP contribution >= 0.6 is 0 Å². The van der Waals surface area contributed by atoms with E-state index >= 15 is 0 Å². The topological polar surface area (TPSA) is 105 Å². The first-order valence-corrected chi connectivity index (χ1v) is 9.27. The SMILES string of the molecule is CN(CCCC(=O)NC(C)(C)CN)C1=NS(=O)(=O)c2ccccc21. The minimum Gasteiger partial charge on any atom is -0.358 e. The lowest BCUT2D eigenvalue weighted by atomic mass is 10.1. The number of hydrogen-bond donors (Lipinski definition) is 2. The van der Waals surface area contributed by atoms with E-state index in [1.54, 1.807) is 36.2 Å². The molecule has 0 saturated carbocycles. The van der Waals surface area contributed by atoms with E-state index in [0.717, 1.165) is 0 Å². The Labute approximate surface area is 143 Å². The molecule has 0 bridgehead atoms. The molecule has 3 N–H and O–H groups in total. The van der Waals surface area contributed by atoms with E-state index in [9.17, 15) is 13.2 Å². The van der Waals surface area contributed by atoms with Gasteiger partial charge in [0.25, 0.3) is 10.0 Å². The van der Waals surface area contributed by atoms with Crippen LogP contribution in [0.15, 0.2) is 33.6 Å². The Morgan fingerprint density at radius 2 is 2.00 bits per heavy atom. The van der Waals surface area contributed by atoms with E-state index in [-0.39, 0.29) is 10.8 Å². The second kappa shape index (κ2) is 6.90. The predicted molar refractivity (Wildman–Crippen MR) is 93.3 cm³/mol. The van der Waals surface area contributed by atoms with Gasteiger partial charge in [-0.15, -0.1) is 4.40 Å². The molecule has 0 radical (unpaired) electrons. The molecule has 0 aromatic heterocycles. The third-order valence-electron chi connectivity index (χ3n) is 3.86. The molecule has 0 spiro atoms. The number of nitrogens with zero attached hydrogens (tertiary/aromatic N) is 2. The van der Waals surface area contributed by atoms with Crippen LogP contribution in [-0.2, 0) is 14.8 Å². The molecule has 1 aromatic carbocycles. The van der Waals surface area contributed by atoms with E-state index < -0.39 is 15.6 Å². The van der Waals surface area contributed by atoms with Crippen molar-refractivity contribution < 1.29 is 13.2 Å². The predicted octanol–water partition coefficient (Wildman–Crippen LogP) is 0.701. The Morgan fingerprint density at radius 1 is 1.33 bits per heavy atom. The van der Waals surface area contributed by atoms with Crippen molar-refractivity contribution in [2.45, 2.75) is 37.1 Å². The number of amidine groups is 1. The zero-order valence-corrected chi connectivity index (χ0v) is 15.1. The van der Waals surface area contributed by atoms with Crippen LogP contribution in [0.1, 0.15) is 32.3 Å². The number of nitrogens with two attached hydrogens (primary N) is 1. The molecule has 1 aliphatic heterocycles. The second-order valence-corrected chi connectivity index (χ2v) is 8.12. The first-order chi connectivity index (χ1) is 11.2. The number of carbonyl (C=O) groups is 1. The average Bonchev–Trinajstić information content (AvgIpc) is 2.79. The standard InChI is InChI=1S/C16H24N4O3S/c1-16(2,11-17)18-14(21)9-6-10-20(3)15-12-7-4-5-8-13(12)24(22,23)19-15/h4-5,7-8H,6,9-11,17H2,1-3H3,(H,18,21). The van der Waals surface area contributed by atoms with Gasteiger partial charge in [0, 0.05) is 37.7 Å².